The zero-order valence-electron chi connectivity index (χ0n) is 12.2. The molecule has 7 nitrogen and oxygen atoms in total. The molecule has 0 radical (unpaired) electrons. The number of hydrogen-bond donors (Lipinski definition) is 3. The molecular formula is C15H18N2O5. The van der Waals surface area contributed by atoms with Crippen molar-refractivity contribution >= 4 is 11.7 Å². The quantitative estimate of drug-likeness (QED) is 0.750. The Bertz CT molecular complexity index is 643. The molecule has 3 N–H and O–H groups in total. The van der Waals surface area contributed by atoms with Crippen molar-refractivity contribution in [2.24, 2.45) is 0 Å². The molecule has 5 aliphatic heterocycles. The predicted molar refractivity (Wildman–Crippen MR) is 76.7 cm³/mol. The monoisotopic (exact) mass is 306 g/mol. The van der Waals surface area contributed by atoms with Gasteiger partial charge in [0.15, 0.2) is 5.72 Å². The normalized spacial score (nSPS) is 32.6. The second-order valence-electron chi connectivity index (χ2n) is 6.11. The number of nitrogens with zero attached hydrogens (tertiary/aromatic N) is 1. The molecular weight excluding hydrogens is 288 g/mol. The number of hydrogen-bond acceptors (Lipinski definition) is 6. The van der Waals surface area contributed by atoms with Crippen LogP contribution in [0, 0.1) is 0 Å². The maximum Gasteiger partial charge on any atom is 0.312 e. The van der Waals surface area contributed by atoms with E-state index in [1.165, 1.54) is 0 Å². The van der Waals surface area contributed by atoms with Crippen molar-refractivity contribution in [2.45, 2.75) is 31.2 Å². The van der Waals surface area contributed by atoms with Crippen LogP contribution < -0.4 is 10.1 Å². The van der Waals surface area contributed by atoms with Crippen LogP contribution in [0.1, 0.15) is 24.0 Å². The summed E-state index contributed by atoms with van der Waals surface area (Å²) in [6, 6.07) is 3.19. The fourth-order valence-electron chi connectivity index (χ4n) is 3.96. The van der Waals surface area contributed by atoms with E-state index in [1.54, 1.807) is 6.07 Å². The van der Waals surface area contributed by atoms with E-state index in [4.69, 9.17) is 9.47 Å². The number of carboxylic acids is 1. The SMILES string of the molecule is C[C@]12Nc3ccc(c(CO)c3C(C(=O)O)C1N1CCOC1)O2. The van der Waals surface area contributed by atoms with Crippen molar-refractivity contribution in [3.05, 3.63) is 23.3 Å². The number of anilines is 1. The van der Waals surface area contributed by atoms with Crippen LogP contribution in [0.5, 0.6) is 5.75 Å². The van der Waals surface area contributed by atoms with E-state index in [-0.39, 0.29) is 6.61 Å². The van der Waals surface area contributed by atoms with E-state index < -0.39 is 23.7 Å². The van der Waals surface area contributed by atoms with Crippen LogP contribution in [0.3, 0.4) is 0 Å². The first-order chi connectivity index (χ1) is 10.5. The van der Waals surface area contributed by atoms with Crippen molar-refractivity contribution < 1.29 is 24.5 Å². The first-order valence-corrected chi connectivity index (χ1v) is 7.33. The first kappa shape index (κ1) is 13.8. The highest BCUT2D eigenvalue weighted by molar-refractivity contribution is 5.84. The summed E-state index contributed by atoms with van der Waals surface area (Å²) in [6.45, 7) is 3.24. The van der Waals surface area contributed by atoms with Gasteiger partial charge in [0.25, 0.3) is 0 Å². The van der Waals surface area contributed by atoms with E-state index in [1.807, 2.05) is 17.9 Å². The van der Waals surface area contributed by atoms with Gasteiger partial charge in [0.05, 0.1) is 26.0 Å². The van der Waals surface area contributed by atoms with Gasteiger partial charge in [-0.3, -0.25) is 9.69 Å². The van der Waals surface area contributed by atoms with Gasteiger partial charge in [-0.05, 0) is 19.1 Å². The van der Waals surface area contributed by atoms with Crippen LogP contribution in [0.2, 0.25) is 0 Å². The van der Waals surface area contributed by atoms with Crippen LogP contribution >= 0.6 is 0 Å². The molecule has 0 aromatic heterocycles. The largest absolute Gasteiger partial charge is 0.481 e. The molecule has 1 aromatic rings. The molecule has 1 fully saturated rings. The van der Waals surface area contributed by atoms with E-state index in [0.29, 0.717) is 36.8 Å². The molecule has 7 heteroatoms. The molecule has 6 rings (SSSR count). The number of ether oxygens (including phenoxy) is 2. The maximum absolute atomic E-state index is 12.0. The summed E-state index contributed by atoms with van der Waals surface area (Å²) in [4.78, 5) is 14.0. The highest BCUT2D eigenvalue weighted by atomic mass is 16.5. The molecule has 1 saturated heterocycles. The van der Waals surface area contributed by atoms with Crippen LogP contribution in [-0.4, -0.2) is 52.7 Å². The van der Waals surface area contributed by atoms with Gasteiger partial charge >= 0.3 is 5.97 Å². The third-order valence-electron chi connectivity index (χ3n) is 4.81. The second kappa shape index (κ2) is 4.58. The fraction of sp³-hybridized carbons (Fsp3) is 0.533. The van der Waals surface area contributed by atoms with E-state index in [0.717, 1.165) is 5.69 Å². The molecule has 0 aliphatic carbocycles. The third kappa shape index (κ3) is 1.70. The van der Waals surface area contributed by atoms with Gasteiger partial charge < -0.3 is 25.0 Å². The molecule has 5 aliphatic rings. The molecule has 4 bridgehead atoms. The smallest absolute Gasteiger partial charge is 0.312 e. The van der Waals surface area contributed by atoms with Crippen LogP contribution in [0.25, 0.3) is 0 Å². The number of aliphatic hydroxyl groups is 1. The highest BCUT2D eigenvalue weighted by Crippen LogP contribution is 2.50. The van der Waals surface area contributed by atoms with Crippen molar-refractivity contribution in [2.75, 3.05) is 25.2 Å². The molecule has 3 atom stereocenters. The Kier molecular flexibility index (Phi) is 2.87. The molecule has 5 heterocycles. The summed E-state index contributed by atoms with van der Waals surface area (Å²) in [5.74, 6) is -1.14. The average molecular weight is 306 g/mol. The fourth-order valence-corrected chi connectivity index (χ4v) is 3.96. The number of carbonyl (C=O) groups is 1. The Hall–Kier alpha value is -1.83. The van der Waals surface area contributed by atoms with Gasteiger partial charge in [-0.25, -0.2) is 0 Å². The minimum Gasteiger partial charge on any atom is -0.481 e. The Labute approximate surface area is 127 Å². The number of aliphatic carboxylic acids is 1. The van der Waals surface area contributed by atoms with Gasteiger partial charge in [0.1, 0.15) is 11.7 Å². The Morgan fingerprint density at radius 2 is 2.36 bits per heavy atom. The van der Waals surface area contributed by atoms with Crippen molar-refractivity contribution in [1.29, 1.82) is 0 Å². The van der Waals surface area contributed by atoms with Crippen LogP contribution in [0.4, 0.5) is 5.69 Å². The van der Waals surface area contributed by atoms with Crippen LogP contribution in [-0.2, 0) is 16.1 Å². The first-order valence-electron chi connectivity index (χ1n) is 7.33. The summed E-state index contributed by atoms with van der Waals surface area (Å²) >= 11 is 0. The molecule has 0 amide bonds. The summed E-state index contributed by atoms with van der Waals surface area (Å²) in [5.41, 5.74) is 1.02. The number of rotatable bonds is 3. The summed E-state index contributed by atoms with van der Waals surface area (Å²) in [6.07, 6.45) is 0. The molecule has 2 unspecified atom stereocenters. The lowest BCUT2D eigenvalue weighted by Crippen LogP contribution is -2.63. The average Bonchev–Trinajstić information content (AvgIpc) is 2.87. The lowest BCUT2D eigenvalue weighted by atomic mass is 9.79. The zero-order valence-corrected chi connectivity index (χ0v) is 12.2. The number of carboxylic acid groups (broad SMARTS) is 1. The number of aliphatic hydroxyl groups excluding tert-OH is 1. The lowest BCUT2D eigenvalue weighted by molar-refractivity contribution is -0.143. The molecule has 22 heavy (non-hydrogen) atoms. The minimum atomic E-state index is -0.914. The predicted octanol–water partition coefficient (Wildman–Crippen LogP) is 0.539. The number of benzene rings is 1. The van der Waals surface area contributed by atoms with Gasteiger partial charge in [0, 0.05) is 23.4 Å². The van der Waals surface area contributed by atoms with E-state index >= 15 is 0 Å². The Morgan fingerprint density at radius 3 is 3.00 bits per heavy atom. The summed E-state index contributed by atoms with van der Waals surface area (Å²) < 4.78 is 11.5. The van der Waals surface area contributed by atoms with Crippen molar-refractivity contribution in [1.82, 2.24) is 4.90 Å². The number of fused-ring (bicyclic) bond motifs is 2. The molecule has 1 aromatic carbocycles. The Balaban J connectivity index is 1.93. The minimum absolute atomic E-state index is 0.247. The number of nitrogens with one attached hydrogen (secondary N) is 1. The highest BCUT2D eigenvalue weighted by Gasteiger charge is 2.56. The summed E-state index contributed by atoms with van der Waals surface area (Å²) in [5, 5.41) is 22.9. The second-order valence-corrected chi connectivity index (χ2v) is 6.11. The molecule has 0 spiro atoms. The van der Waals surface area contributed by atoms with Crippen molar-refractivity contribution in [3.63, 3.8) is 0 Å². The molecule has 0 saturated carbocycles. The van der Waals surface area contributed by atoms with Gasteiger partial charge in [0.2, 0.25) is 0 Å². The lowest BCUT2D eigenvalue weighted by Gasteiger charge is -2.46. The van der Waals surface area contributed by atoms with E-state index in [9.17, 15) is 15.0 Å². The third-order valence-corrected chi connectivity index (χ3v) is 4.81. The van der Waals surface area contributed by atoms with Crippen LogP contribution in [0.15, 0.2) is 12.1 Å². The van der Waals surface area contributed by atoms with Crippen molar-refractivity contribution in [3.8, 4) is 5.75 Å². The standard InChI is InChI=1S/C15H18N2O5/c1-15-13(17-4-5-21-7-17)12(14(19)20)11-8(6-18)10(22-15)3-2-9(11)16-15/h2-3,12-13,16,18H,4-7H2,1H3,(H,19,20)/t12?,13?,15-/m1/s1. The zero-order chi connectivity index (χ0) is 15.5. The van der Waals surface area contributed by atoms with Gasteiger partial charge in [-0.2, -0.15) is 0 Å². The van der Waals surface area contributed by atoms with Gasteiger partial charge in [-0.1, -0.05) is 0 Å². The molecule has 118 valence electrons. The maximum atomic E-state index is 12.0. The Morgan fingerprint density at radius 1 is 1.55 bits per heavy atom. The topological polar surface area (TPSA) is 91.3 Å². The van der Waals surface area contributed by atoms with Gasteiger partial charge in [-0.15, -0.1) is 0 Å². The van der Waals surface area contributed by atoms with E-state index in [2.05, 4.69) is 5.32 Å². The summed E-state index contributed by atoms with van der Waals surface area (Å²) in [7, 11) is 0.